The highest BCUT2D eigenvalue weighted by Crippen LogP contribution is 2.38. The number of rotatable bonds is 3. The van der Waals surface area contributed by atoms with Crippen LogP contribution in [0.3, 0.4) is 0 Å². The van der Waals surface area contributed by atoms with Gasteiger partial charge in [-0.2, -0.15) is 13.2 Å². The third-order valence-electron chi connectivity index (χ3n) is 4.93. The monoisotopic (exact) mass is 447 g/mol. The molecule has 10 heteroatoms. The Labute approximate surface area is 178 Å². The molecule has 0 aromatic heterocycles. The van der Waals surface area contributed by atoms with Crippen molar-refractivity contribution >= 4 is 23.2 Å². The van der Waals surface area contributed by atoms with E-state index >= 15 is 0 Å². The molecule has 32 heavy (non-hydrogen) atoms. The second kappa shape index (κ2) is 7.63. The van der Waals surface area contributed by atoms with E-state index < -0.39 is 46.8 Å². The molecule has 1 aliphatic rings. The maximum atomic E-state index is 13.7. The molecule has 0 saturated carbocycles. The first-order chi connectivity index (χ1) is 15.0. The van der Waals surface area contributed by atoms with Crippen molar-refractivity contribution in [1.82, 2.24) is 5.32 Å². The summed E-state index contributed by atoms with van der Waals surface area (Å²) in [5.41, 5.74) is 4.80. The van der Waals surface area contributed by atoms with Crippen LogP contribution in [0.5, 0.6) is 0 Å². The van der Waals surface area contributed by atoms with Gasteiger partial charge in [0.05, 0.1) is 11.6 Å². The van der Waals surface area contributed by atoms with Gasteiger partial charge >= 0.3 is 6.18 Å². The number of carbonyl (C=O) groups is 2. The summed E-state index contributed by atoms with van der Waals surface area (Å²) in [4.78, 5) is 25.1. The van der Waals surface area contributed by atoms with Crippen LogP contribution in [0.15, 0.2) is 54.6 Å². The number of nitrogens with one attached hydrogen (secondary N) is 2. The van der Waals surface area contributed by atoms with Crippen LogP contribution in [0, 0.1) is 11.6 Å². The molecule has 1 atom stereocenters. The highest BCUT2D eigenvalue weighted by molar-refractivity contribution is 6.08. The zero-order chi connectivity index (χ0) is 23.2. The lowest BCUT2D eigenvalue weighted by Gasteiger charge is -2.17. The van der Waals surface area contributed by atoms with Crippen LogP contribution in [0.25, 0.3) is 0 Å². The number of nitrogens with two attached hydrogens (primary N) is 1. The molecule has 1 heterocycles. The first kappa shape index (κ1) is 21.3. The van der Waals surface area contributed by atoms with E-state index in [9.17, 15) is 31.5 Å². The van der Waals surface area contributed by atoms with Gasteiger partial charge in [-0.25, -0.2) is 8.78 Å². The number of carbonyl (C=O) groups excluding carboxylic acids is 2. The van der Waals surface area contributed by atoms with Gasteiger partial charge in [0.25, 0.3) is 11.8 Å². The highest BCUT2D eigenvalue weighted by atomic mass is 19.4. The fourth-order valence-electron chi connectivity index (χ4n) is 3.57. The van der Waals surface area contributed by atoms with Crippen LogP contribution in [-0.2, 0) is 6.18 Å². The van der Waals surface area contributed by atoms with Crippen LogP contribution >= 0.6 is 0 Å². The molecule has 4 rings (SSSR count). The van der Waals surface area contributed by atoms with E-state index in [-0.39, 0.29) is 28.6 Å². The third-order valence-corrected chi connectivity index (χ3v) is 4.93. The van der Waals surface area contributed by atoms with Gasteiger partial charge in [-0.15, -0.1) is 0 Å². The minimum Gasteiger partial charge on any atom is -0.399 e. The Kier molecular flexibility index (Phi) is 5.08. The van der Waals surface area contributed by atoms with E-state index in [1.165, 1.54) is 30.3 Å². The zero-order valence-corrected chi connectivity index (χ0v) is 16.1. The molecule has 0 saturated heterocycles. The van der Waals surface area contributed by atoms with E-state index in [1.54, 1.807) is 6.07 Å². The molecule has 0 bridgehead atoms. The van der Waals surface area contributed by atoms with Gasteiger partial charge in [-0.1, -0.05) is 12.1 Å². The molecule has 0 fully saturated rings. The fraction of sp³-hybridized carbons (Fsp3) is 0.0909. The van der Waals surface area contributed by atoms with Crippen molar-refractivity contribution in [2.45, 2.75) is 12.2 Å². The molecular formula is C22H14F5N3O2. The summed E-state index contributed by atoms with van der Waals surface area (Å²) in [6.45, 7) is 0. The van der Waals surface area contributed by atoms with Crippen LogP contribution < -0.4 is 16.4 Å². The maximum Gasteiger partial charge on any atom is 0.416 e. The number of hydrogen-bond acceptors (Lipinski definition) is 3. The van der Waals surface area contributed by atoms with Crippen molar-refractivity contribution in [3.8, 4) is 0 Å². The van der Waals surface area contributed by atoms with Crippen molar-refractivity contribution in [2.75, 3.05) is 11.1 Å². The Morgan fingerprint density at radius 3 is 2.44 bits per heavy atom. The van der Waals surface area contributed by atoms with Gasteiger partial charge < -0.3 is 16.4 Å². The van der Waals surface area contributed by atoms with Crippen molar-refractivity contribution in [1.29, 1.82) is 0 Å². The second-order valence-corrected chi connectivity index (χ2v) is 7.17. The fourth-order valence-corrected chi connectivity index (χ4v) is 3.57. The van der Waals surface area contributed by atoms with E-state index in [0.29, 0.717) is 17.7 Å². The molecule has 0 spiro atoms. The molecular weight excluding hydrogens is 433 g/mol. The molecule has 3 aromatic carbocycles. The van der Waals surface area contributed by atoms with Crippen LogP contribution in [0.2, 0.25) is 0 Å². The molecule has 0 aliphatic carbocycles. The van der Waals surface area contributed by atoms with Crippen molar-refractivity contribution in [2.24, 2.45) is 0 Å². The number of benzene rings is 3. The number of anilines is 2. The zero-order valence-electron chi connectivity index (χ0n) is 16.1. The minimum absolute atomic E-state index is 0.0235. The van der Waals surface area contributed by atoms with E-state index in [0.717, 1.165) is 0 Å². The van der Waals surface area contributed by atoms with Crippen molar-refractivity contribution in [3.63, 3.8) is 0 Å². The van der Waals surface area contributed by atoms with Gasteiger partial charge in [-0.05, 0) is 48.0 Å². The lowest BCUT2D eigenvalue weighted by Crippen LogP contribution is -2.21. The summed E-state index contributed by atoms with van der Waals surface area (Å²) < 4.78 is 66.4. The maximum absolute atomic E-state index is 13.7. The number of alkyl halides is 3. The first-order valence-electron chi connectivity index (χ1n) is 9.22. The Morgan fingerprint density at radius 1 is 1.00 bits per heavy atom. The molecule has 1 unspecified atom stereocenters. The average molecular weight is 447 g/mol. The van der Waals surface area contributed by atoms with Gasteiger partial charge in [0.1, 0.15) is 11.6 Å². The van der Waals surface area contributed by atoms with Crippen molar-refractivity contribution < 1.29 is 31.5 Å². The van der Waals surface area contributed by atoms with Gasteiger partial charge in [0.15, 0.2) is 0 Å². The molecule has 164 valence electrons. The summed E-state index contributed by atoms with van der Waals surface area (Å²) in [7, 11) is 0. The normalized spacial score (nSPS) is 15.3. The second-order valence-electron chi connectivity index (χ2n) is 7.17. The predicted molar refractivity (Wildman–Crippen MR) is 106 cm³/mol. The SMILES string of the molecule is Nc1cc(NC(=O)c2cc(F)cc(C(F)(F)F)c2)c2c(c1)C(=O)NC2c1cccc(F)c1. The third kappa shape index (κ3) is 3.98. The number of amides is 2. The summed E-state index contributed by atoms with van der Waals surface area (Å²) in [6, 6.07) is 8.70. The molecule has 2 amide bonds. The smallest absolute Gasteiger partial charge is 0.399 e. The molecule has 1 aliphatic heterocycles. The molecule has 5 nitrogen and oxygen atoms in total. The van der Waals surface area contributed by atoms with Gasteiger partial charge in [-0.3, -0.25) is 9.59 Å². The minimum atomic E-state index is -4.85. The van der Waals surface area contributed by atoms with E-state index in [2.05, 4.69) is 10.6 Å². The number of hydrogen-bond donors (Lipinski definition) is 3. The molecule has 3 aromatic rings. The lowest BCUT2D eigenvalue weighted by atomic mass is 9.95. The Balaban J connectivity index is 1.76. The predicted octanol–water partition coefficient (Wildman–Crippen LogP) is 4.65. The van der Waals surface area contributed by atoms with Crippen molar-refractivity contribution in [3.05, 3.63) is 94.0 Å². The molecule has 4 N–H and O–H groups in total. The van der Waals surface area contributed by atoms with Gasteiger partial charge in [0, 0.05) is 28.1 Å². The number of halogens is 5. The quantitative estimate of drug-likeness (QED) is 0.404. The van der Waals surface area contributed by atoms with E-state index in [4.69, 9.17) is 5.73 Å². The first-order valence-corrected chi connectivity index (χ1v) is 9.22. The average Bonchev–Trinajstić information content (AvgIpc) is 3.03. The lowest BCUT2D eigenvalue weighted by molar-refractivity contribution is -0.137. The standard InChI is InChI=1S/C22H14F5N3O2/c23-13-3-1-2-10(5-13)19-18-16(21(32)30-19)8-15(28)9-17(18)29-20(31)11-4-12(22(25,26)27)7-14(24)6-11/h1-9,19H,28H2,(H,29,31)(H,30,32). The Hall–Kier alpha value is -3.95. The van der Waals surface area contributed by atoms with Crippen LogP contribution in [0.1, 0.15) is 43.4 Å². The van der Waals surface area contributed by atoms with Crippen LogP contribution in [0.4, 0.5) is 33.3 Å². The van der Waals surface area contributed by atoms with Crippen LogP contribution in [-0.4, -0.2) is 11.8 Å². The summed E-state index contributed by atoms with van der Waals surface area (Å²) in [5.74, 6) is -3.36. The Bertz CT molecular complexity index is 1260. The summed E-state index contributed by atoms with van der Waals surface area (Å²) in [6.07, 6.45) is -4.85. The topological polar surface area (TPSA) is 84.2 Å². The van der Waals surface area contributed by atoms with Gasteiger partial charge in [0.2, 0.25) is 0 Å². The summed E-state index contributed by atoms with van der Waals surface area (Å²) in [5, 5.41) is 5.06. The largest absolute Gasteiger partial charge is 0.416 e. The van der Waals surface area contributed by atoms with E-state index in [1.807, 2.05) is 0 Å². The Morgan fingerprint density at radius 2 is 1.75 bits per heavy atom. The number of nitrogen functional groups attached to an aromatic ring is 1. The molecule has 0 radical (unpaired) electrons. The summed E-state index contributed by atoms with van der Waals surface area (Å²) >= 11 is 0. The number of fused-ring (bicyclic) bond motifs is 1. The highest BCUT2D eigenvalue weighted by Gasteiger charge is 2.34.